The molecular weight excluding hydrogens is 186 g/mol. The molecule has 0 aliphatic heterocycles. The number of nitrogens with zero attached hydrogens (tertiary/aromatic N) is 1. The third-order valence-electron chi connectivity index (χ3n) is 1.21. The zero-order valence-electron chi connectivity index (χ0n) is 7.07. The van der Waals surface area contributed by atoms with Crippen molar-refractivity contribution in [3.8, 4) is 0 Å². The maximum Gasteiger partial charge on any atom is 0.222 e. The normalized spacial score (nSPS) is 9.00. The molecule has 0 fully saturated rings. The molecule has 1 amide bonds. The lowest BCUT2D eigenvalue weighted by Crippen LogP contribution is -2.32. The molecule has 0 unspecified atom stereocenters. The van der Waals surface area contributed by atoms with Crippen LogP contribution in [0, 0.1) is 0 Å². The van der Waals surface area contributed by atoms with Gasteiger partial charge in [-0.2, -0.15) is 0 Å². The van der Waals surface area contributed by atoms with Crippen LogP contribution in [-0.4, -0.2) is 16.0 Å². The number of thiocarbonyl (C=S) groups is 1. The minimum Gasteiger partial charge on any atom is -0.331 e. The van der Waals surface area contributed by atoms with Crippen LogP contribution in [0.1, 0.15) is 6.92 Å². The van der Waals surface area contributed by atoms with Crippen molar-refractivity contribution in [1.29, 1.82) is 0 Å². The topological polar surface area (TPSA) is 54.0 Å². The van der Waals surface area contributed by atoms with Crippen LogP contribution in [0.25, 0.3) is 0 Å². The summed E-state index contributed by atoms with van der Waals surface area (Å²) < 4.78 is 0. The average Bonchev–Trinajstić information content (AvgIpc) is 2.04. The Bertz CT molecular complexity index is 312. The monoisotopic (exact) mass is 195 g/mol. The lowest BCUT2D eigenvalue weighted by atomic mass is 10.4. The molecule has 1 aromatic heterocycles. The van der Waals surface area contributed by atoms with Gasteiger partial charge in [0.2, 0.25) is 5.91 Å². The summed E-state index contributed by atoms with van der Waals surface area (Å²) >= 11 is 4.84. The molecule has 1 heterocycles. The number of carbonyl (C=O) groups is 1. The van der Waals surface area contributed by atoms with E-state index in [9.17, 15) is 4.79 Å². The first kappa shape index (κ1) is 9.60. The Morgan fingerprint density at radius 2 is 2.38 bits per heavy atom. The Hall–Kier alpha value is -1.49. The Morgan fingerprint density at radius 3 is 2.92 bits per heavy atom. The predicted octanol–water partition coefficient (Wildman–Crippen LogP) is 0.914. The van der Waals surface area contributed by atoms with E-state index in [-0.39, 0.29) is 11.0 Å². The van der Waals surface area contributed by atoms with E-state index in [1.165, 1.54) is 6.92 Å². The quantitative estimate of drug-likeness (QED) is 0.654. The van der Waals surface area contributed by atoms with Gasteiger partial charge in [0.1, 0.15) is 0 Å². The zero-order chi connectivity index (χ0) is 9.68. The molecule has 0 saturated heterocycles. The van der Waals surface area contributed by atoms with Crippen LogP contribution in [0.15, 0.2) is 24.5 Å². The number of nitrogens with one attached hydrogen (secondary N) is 2. The van der Waals surface area contributed by atoms with E-state index in [1.807, 2.05) is 0 Å². The van der Waals surface area contributed by atoms with Gasteiger partial charge in [0, 0.05) is 13.1 Å². The molecule has 1 aromatic rings. The first-order chi connectivity index (χ1) is 6.18. The van der Waals surface area contributed by atoms with Gasteiger partial charge in [-0.25, -0.2) is 0 Å². The van der Waals surface area contributed by atoms with Gasteiger partial charge in [-0.05, 0) is 24.4 Å². The van der Waals surface area contributed by atoms with Gasteiger partial charge in [-0.15, -0.1) is 0 Å². The molecule has 2 N–H and O–H groups in total. The lowest BCUT2D eigenvalue weighted by molar-refractivity contribution is -0.117. The SMILES string of the molecule is CC(=O)NC(=S)Nc1cccnc1. The van der Waals surface area contributed by atoms with Gasteiger partial charge in [0.05, 0.1) is 11.9 Å². The smallest absolute Gasteiger partial charge is 0.222 e. The van der Waals surface area contributed by atoms with Crippen molar-refractivity contribution in [3.63, 3.8) is 0 Å². The van der Waals surface area contributed by atoms with Gasteiger partial charge >= 0.3 is 0 Å². The van der Waals surface area contributed by atoms with Crippen molar-refractivity contribution in [2.24, 2.45) is 0 Å². The molecule has 0 aliphatic carbocycles. The Balaban J connectivity index is 2.50. The molecule has 1 rings (SSSR count). The van der Waals surface area contributed by atoms with E-state index in [0.29, 0.717) is 0 Å². The number of aromatic nitrogens is 1. The van der Waals surface area contributed by atoms with Gasteiger partial charge in [-0.3, -0.25) is 9.78 Å². The molecular formula is C8H9N3OS. The average molecular weight is 195 g/mol. The summed E-state index contributed by atoms with van der Waals surface area (Å²) in [5.74, 6) is -0.193. The Kier molecular flexibility index (Phi) is 3.33. The van der Waals surface area contributed by atoms with Crippen LogP contribution in [0.4, 0.5) is 5.69 Å². The lowest BCUT2D eigenvalue weighted by Gasteiger charge is -2.06. The number of hydrogen-bond acceptors (Lipinski definition) is 3. The van der Waals surface area contributed by atoms with Gasteiger partial charge < -0.3 is 10.6 Å². The highest BCUT2D eigenvalue weighted by Crippen LogP contribution is 2.01. The van der Waals surface area contributed by atoms with Gasteiger partial charge in [-0.1, -0.05) is 0 Å². The van der Waals surface area contributed by atoms with Crippen LogP contribution in [-0.2, 0) is 4.79 Å². The van der Waals surface area contributed by atoms with Crippen LogP contribution in [0.2, 0.25) is 0 Å². The highest BCUT2D eigenvalue weighted by atomic mass is 32.1. The molecule has 0 radical (unpaired) electrons. The number of rotatable bonds is 1. The first-order valence-corrected chi connectivity index (χ1v) is 4.08. The van der Waals surface area contributed by atoms with Crippen LogP contribution in [0.5, 0.6) is 0 Å². The summed E-state index contributed by atoms with van der Waals surface area (Å²) in [4.78, 5) is 14.5. The predicted molar refractivity (Wildman–Crippen MR) is 54.3 cm³/mol. The van der Waals surface area contributed by atoms with Crippen LogP contribution in [0.3, 0.4) is 0 Å². The van der Waals surface area contributed by atoms with Crippen LogP contribution >= 0.6 is 12.2 Å². The van der Waals surface area contributed by atoms with Crippen molar-refractivity contribution >= 4 is 28.9 Å². The Labute approximate surface area is 81.4 Å². The largest absolute Gasteiger partial charge is 0.331 e. The van der Waals surface area contributed by atoms with Crippen molar-refractivity contribution in [2.75, 3.05) is 5.32 Å². The summed E-state index contributed by atoms with van der Waals surface area (Å²) in [5, 5.41) is 5.53. The second-order valence-electron chi connectivity index (χ2n) is 2.38. The van der Waals surface area contributed by atoms with E-state index in [2.05, 4.69) is 15.6 Å². The molecule has 0 atom stereocenters. The highest BCUT2D eigenvalue weighted by Gasteiger charge is 1.97. The molecule has 68 valence electrons. The van der Waals surface area contributed by atoms with Crippen molar-refractivity contribution in [3.05, 3.63) is 24.5 Å². The van der Waals surface area contributed by atoms with E-state index < -0.39 is 0 Å². The van der Waals surface area contributed by atoms with Crippen molar-refractivity contribution in [1.82, 2.24) is 10.3 Å². The number of hydrogen-bond donors (Lipinski definition) is 2. The molecule has 5 heteroatoms. The maximum atomic E-state index is 10.6. The molecule has 0 aromatic carbocycles. The number of carbonyl (C=O) groups excluding carboxylic acids is 1. The van der Waals surface area contributed by atoms with E-state index in [0.717, 1.165) is 5.69 Å². The molecule has 13 heavy (non-hydrogen) atoms. The van der Waals surface area contributed by atoms with E-state index >= 15 is 0 Å². The molecule has 0 saturated carbocycles. The Morgan fingerprint density at radius 1 is 1.62 bits per heavy atom. The summed E-state index contributed by atoms with van der Waals surface area (Å²) in [6, 6.07) is 3.58. The minimum absolute atomic E-state index is 0.193. The maximum absolute atomic E-state index is 10.6. The first-order valence-electron chi connectivity index (χ1n) is 3.67. The zero-order valence-corrected chi connectivity index (χ0v) is 7.89. The highest BCUT2D eigenvalue weighted by molar-refractivity contribution is 7.80. The molecule has 4 nitrogen and oxygen atoms in total. The van der Waals surface area contributed by atoms with Crippen molar-refractivity contribution < 1.29 is 4.79 Å². The standard InChI is InChI=1S/C8H9N3OS/c1-6(12)10-8(13)11-7-3-2-4-9-5-7/h2-5H,1H3,(H2,10,11,12,13). The van der Waals surface area contributed by atoms with Crippen LogP contribution < -0.4 is 10.6 Å². The molecule has 0 spiro atoms. The van der Waals surface area contributed by atoms with Gasteiger partial charge in [0.15, 0.2) is 5.11 Å². The fourth-order valence-corrected chi connectivity index (χ4v) is 1.02. The third kappa shape index (κ3) is 3.62. The summed E-state index contributed by atoms with van der Waals surface area (Å²) in [6.45, 7) is 1.40. The fourth-order valence-electron chi connectivity index (χ4n) is 0.759. The number of anilines is 1. The molecule has 0 aliphatic rings. The fraction of sp³-hybridized carbons (Fsp3) is 0.125. The third-order valence-corrected chi connectivity index (χ3v) is 1.41. The number of amides is 1. The van der Waals surface area contributed by atoms with Crippen molar-refractivity contribution in [2.45, 2.75) is 6.92 Å². The summed E-state index contributed by atoms with van der Waals surface area (Å²) in [5.41, 5.74) is 0.751. The molecule has 0 bridgehead atoms. The summed E-state index contributed by atoms with van der Waals surface area (Å²) in [7, 11) is 0. The van der Waals surface area contributed by atoms with E-state index in [4.69, 9.17) is 12.2 Å². The number of pyridine rings is 1. The minimum atomic E-state index is -0.193. The summed E-state index contributed by atoms with van der Waals surface area (Å²) in [6.07, 6.45) is 3.28. The van der Waals surface area contributed by atoms with E-state index in [1.54, 1.807) is 24.5 Å². The van der Waals surface area contributed by atoms with Gasteiger partial charge in [0.25, 0.3) is 0 Å². The second-order valence-corrected chi connectivity index (χ2v) is 2.79. The second kappa shape index (κ2) is 4.51.